The van der Waals surface area contributed by atoms with Crippen LogP contribution in [-0.4, -0.2) is 16.9 Å². The van der Waals surface area contributed by atoms with E-state index in [0.29, 0.717) is 0 Å². The Morgan fingerprint density at radius 3 is 3.00 bits per heavy atom. The minimum atomic E-state index is 0.232. The van der Waals surface area contributed by atoms with Crippen LogP contribution in [-0.2, 0) is 6.54 Å². The van der Waals surface area contributed by atoms with Gasteiger partial charge in [-0.25, -0.2) is 0 Å². The second kappa shape index (κ2) is 7.20. The van der Waals surface area contributed by atoms with Crippen LogP contribution in [0.4, 0.5) is 0 Å². The Balaban J connectivity index is 2.25. The predicted octanol–water partition coefficient (Wildman–Crippen LogP) is 3.34. The molecule has 0 amide bonds. The van der Waals surface area contributed by atoms with Crippen LogP contribution in [0.5, 0.6) is 0 Å². The molecule has 1 atom stereocenters. The molecule has 4 heteroatoms. The first-order chi connectivity index (χ1) is 7.22. The third kappa shape index (κ3) is 5.50. The lowest BCUT2D eigenvalue weighted by atomic mass is 10.2. The molecular formula is C11H16BrClN2. The number of hydrogen-bond donors (Lipinski definition) is 1. The van der Waals surface area contributed by atoms with Crippen LogP contribution in [0, 0.1) is 0 Å². The van der Waals surface area contributed by atoms with E-state index >= 15 is 0 Å². The van der Waals surface area contributed by atoms with Gasteiger partial charge in [0.2, 0.25) is 0 Å². The number of aromatic nitrogens is 1. The number of halogens is 2. The van der Waals surface area contributed by atoms with Gasteiger partial charge in [0.15, 0.2) is 0 Å². The van der Waals surface area contributed by atoms with Gasteiger partial charge in [-0.05, 0) is 34.0 Å². The number of pyridine rings is 1. The molecule has 0 radical (unpaired) electrons. The number of nitrogens with zero attached hydrogens (tertiary/aromatic N) is 1. The molecule has 1 unspecified atom stereocenters. The van der Waals surface area contributed by atoms with Gasteiger partial charge in [0.25, 0.3) is 0 Å². The molecule has 0 bridgehead atoms. The highest BCUT2D eigenvalue weighted by Gasteiger charge is 2.02. The van der Waals surface area contributed by atoms with Crippen LogP contribution in [0.25, 0.3) is 0 Å². The molecule has 15 heavy (non-hydrogen) atoms. The highest BCUT2D eigenvalue weighted by Crippen LogP contribution is 2.09. The molecule has 0 aromatic carbocycles. The smallest absolute Gasteiger partial charge is 0.0460 e. The van der Waals surface area contributed by atoms with Gasteiger partial charge in [-0.2, -0.15) is 0 Å². The summed E-state index contributed by atoms with van der Waals surface area (Å²) in [6.45, 7) is 3.81. The van der Waals surface area contributed by atoms with Gasteiger partial charge >= 0.3 is 0 Å². The van der Waals surface area contributed by atoms with Crippen molar-refractivity contribution in [2.75, 3.05) is 6.54 Å². The Hall–Kier alpha value is -0.120. The average molecular weight is 292 g/mol. The van der Waals surface area contributed by atoms with Crippen molar-refractivity contribution in [3.8, 4) is 0 Å². The zero-order valence-electron chi connectivity index (χ0n) is 8.84. The largest absolute Gasteiger partial charge is 0.311 e. The van der Waals surface area contributed by atoms with Crippen LogP contribution in [0.2, 0.25) is 0 Å². The van der Waals surface area contributed by atoms with Crippen molar-refractivity contribution in [3.05, 3.63) is 28.5 Å². The SMILES string of the molecule is CCCC(Cl)CNCc1cncc(Br)c1. The van der Waals surface area contributed by atoms with Gasteiger partial charge in [0.1, 0.15) is 0 Å². The van der Waals surface area contributed by atoms with E-state index in [0.717, 1.165) is 30.4 Å². The fraction of sp³-hybridized carbons (Fsp3) is 0.545. The molecule has 1 aromatic heterocycles. The first kappa shape index (κ1) is 12.9. The zero-order valence-corrected chi connectivity index (χ0v) is 11.2. The molecule has 0 spiro atoms. The van der Waals surface area contributed by atoms with E-state index < -0.39 is 0 Å². The number of alkyl halides is 1. The van der Waals surface area contributed by atoms with Crippen LogP contribution in [0.1, 0.15) is 25.3 Å². The number of nitrogens with one attached hydrogen (secondary N) is 1. The molecule has 1 rings (SSSR count). The van der Waals surface area contributed by atoms with Crippen molar-refractivity contribution in [1.82, 2.24) is 10.3 Å². The molecule has 0 saturated heterocycles. The molecule has 0 aliphatic heterocycles. The van der Waals surface area contributed by atoms with E-state index in [1.165, 1.54) is 5.56 Å². The Labute approximate surface area is 105 Å². The Morgan fingerprint density at radius 2 is 2.33 bits per heavy atom. The summed E-state index contributed by atoms with van der Waals surface area (Å²) < 4.78 is 1.01. The van der Waals surface area contributed by atoms with Crippen LogP contribution < -0.4 is 5.32 Å². The van der Waals surface area contributed by atoms with E-state index in [2.05, 4.69) is 39.2 Å². The Kier molecular flexibility index (Phi) is 6.22. The van der Waals surface area contributed by atoms with Crippen molar-refractivity contribution in [1.29, 1.82) is 0 Å². The minimum Gasteiger partial charge on any atom is -0.311 e. The molecule has 1 heterocycles. The first-order valence-corrected chi connectivity index (χ1v) is 6.39. The molecule has 0 fully saturated rings. The predicted molar refractivity (Wildman–Crippen MR) is 68.2 cm³/mol. The van der Waals surface area contributed by atoms with Crippen molar-refractivity contribution >= 4 is 27.5 Å². The summed E-state index contributed by atoms with van der Waals surface area (Å²) in [6, 6.07) is 2.06. The van der Waals surface area contributed by atoms with Crippen molar-refractivity contribution in [2.24, 2.45) is 0 Å². The second-order valence-corrected chi connectivity index (χ2v) is 5.06. The Bertz CT molecular complexity index is 294. The van der Waals surface area contributed by atoms with E-state index in [-0.39, 0.29) is 5.38 Å². The summed E-state index contributed by atoms with van der Waals surface area (Å²) in [5, 5.41) is 3.55. The lowest BCUT2D eigenvalue weighted by molar-refractivity contribution is 0.622. The van der Waals surface area contributed by atoms with Gasteiger partial charge < -0.3 is 5.32 Å². The standard InChI is InChI=1S/C11H16BrClN2/c1-2-3-11(13)8-15-6-9-4-10(12)7-14-5-9/h4-5,7,11,15H,2-3,6,8H2,1H3. The average Bonchev–Trinajstić information content (AvgIpc) is 2.18. The van der Waals surface area contributed by atoms with Gasteiger partial charge in [-0.3, -0.25) is 4.98 Å². The third-order valence-corrected chi connectivity index (χ3v) is 2.86. The van der Waals surface area contributed by atoms with Gasteiger partial charge in [-0.1, -0.05) is 13.3 Å². The summed E-state index contributed by atoms with van der Waals surface area (Å²) in [4.78, 5) is 4.10. The van der Waals surface area contributed by atoms with E-state index in [1.807, 2.05) is 6.20 Å². The monoisotopic (exact) mass is 290 g/mol. The molecule has 1 aromatic rings. The van der Waals surface area contributed by atoms with E-state index in [1.54, 1.807) is 6.20 Å². The lowest BCUT2D eigenvalue weighted by Crippen LogP contribution is -2.22. The molecule has 0 aliphatic rings. The lowest BCUT2D eigenvalue weighted by Gasteiger charge is -2.09. The maximum Gasteiger partial charge on any atom is 0.0460 e. The topological polar surface area (TPSA) is 24.9 Å². The number of hydrogen-bond acceptors (Lipinski definition) is 2. The van der Waals surface area contributed by atoms with E-state index in [4.69, 9.17) is 11.6 Å². The van der Waals surface area contributed by atoms with Crippen molar-refractivity contribution in [3.63, 3.8) is 0 Å². The van der Waals surface area contributed by atoms with Crippen LogP contribution in [0.15, 0.2) is 22.9 Å². The summed E-state index contributed by atoms with van der Waals surface area (Å²) in [7, 11) is 0. The molecule has 2 nitrogen and oxygen atoms in total. The Morgan fingerprint density at radius 1 is 1.53 bits per heavy atom. The van der Waals surface area contributed by atoms with Crippen molar-refractivity contribution in [2.45, 2.75) is 31.7 Å². The highest BCUT2D eigenvalue weighted by atomic mass is 79.9. The quantitative estimate of drug-likeness (QED) is 0.813. The molecule has 1 N–H and O–H groups in total. The van der Waals surface area contributed by atoms with Crippen LogP contribution in [0.3, 0.4) is 0 Å². The summed E-state index contributed by atoms with van der Waals surface area (Å²) >= 11 is 9.48. The van der Waals surface area contributed by atoms with E-state index in [9.17, 15) is 0 Å². The van der Waals surface area contributed by atoms with Crippen molar-refractivity contribution < 1.29 is 0 Å². The van der Waals surface area contributed by atoms with Crippen LogP contribution >= 0.6 is 27.5 Å². The number of rotatable bonds is 6. The normalized spacial score (nSPS) is 12.7. The maximum absolute atomic E-state index is 6.09. The third-order valence-electron chi connectivity index (χ3n) is 2.06. The molecule has 0 aliphatic carbocycles. The summed E-state index contributed by atoms with van der Waals surface area (Å²) in [5.74, 6) is 0. The molecule has 84 valence electrons. The minimum absolute atomic E-state index is 0.232. The van der Waals surface area contributed by atoms with Gasteiger partial charge in [-0.15, -0.1) is 11.6 Å². The first-order valence-electron chi connectivity index (χ1n) is 5.16. The molecular weight excluding hydrogens is 275 g/mol. The maximum atomic E-state index is 6.09. The van der Waals surface area contributed by atoms with Gasteiger partial charge in [0.05, 0.1) is 0 Å². The fourth-order valence-corrected chi connectivity index (χ4v) is 2.08. The zero-order chi connectivity index (χ0) is 11.1. The summed E-state index contributed by atoms with van der Waals surface area (Å²) in [6.07, 6.45) is 5.84. The fourth-order valence-electron chi connectivity index (χ4n) is 1.34. The second-order valence-electron chi connectivity index (χ2n) is 3.53. The highest BCUT2D eigenvalue weighted by molar-refractivity contribution is 9.10. The molecule has 0 saturated carbocycles. The summed E-state index contributed by atoms with van der Waals surface area (Å²) in [5.41, 5.74) is 1.17. The van der Waals surface area contributed by atoms with Gasteiger partial charge in [0, 0.05) is 35.3 Å².